The van der Waals surface area contributed by atoms with Crippen molar-refractivity contribution in [3.8, 4) is 0 Å². The molecule has 84 valence electrons. The van der Waals surface area contributed by atoms with Crippen molar-refractivity contribution >= 4 is 15.9 Å². The number of sulfonamides is 1. The van der Waals surface area contributed by atoms with E-state index in [1.165, 1.54) is 6.92 Å². The first kappa shape index (κ1) is 13.4. The van der Waals surface area contributed by atoms with Crippen molar-refractivity contribution in [2.75, 3.05) is 18.8 Å². The summed E-state index contributed by atoms with van der Waals surface area (Å²) in [6.07, 6.45) is 0. The first-order valence-electron chi connectivity index (χ1n) is 4.61. The predicted octanol–water partition coefficient (Wildman–Crippen LogP) is -0.302. The Kier molecular flexibility index (Phi) is 5.71. The van der Waals surface area contributed by atoms with Crippen molar-refractivity contribution in [2.24, 2.45) is 5.92 Å². The van der Waals surface area contributed by atoms with Crippen LogP contribution in [0.15, 0.2) is 0 Å². The third kappa shape index (κ3) is 6.85. The molecule has 5 nitrogen and oxygen atoms in total. The SMILES string of the molecule is CCS(=O)(=O)NCC(=O)NCC(C)C. The number of carbonyl (C=O) groups excluding carboxylic acids is 1. The van der Waals surface area contributed by atoms with E-state index in [4.69, 9.17) is 0 Å². The van der Waals surface area contributed by atoms with Crippen molar-refractivity contribution in [2.45, 2.75) is 20.8 Å². The van der Waals surface area contributed by atoms with Crippen LogP contribution in [0.1, 0.15) is 20.8 Å². The number of amides is 1. The van der Waals surface area contributed by atoms with Gasteiger partial charge in [-0.25, -0.2) is 13.1 Å². The monoisotopic (exact) mass is 222 g/mol. The molecule has 0 aromatic carbocycles. The molecule has 0 atom stereocenters. The summed E-state index contributed by atoms with van der Waals surface area (Å²) in [6, 6.07) is 0. The van der Waals surface area contributed by atoms with Crippen molar-refractivity contribution in [1.82, 2.24) is 10.0 Å². The molecule has 0 radical (unpaired) electrons. The maximum atomic E-state index is 11.1. The lowest BCUT2D eigenvalue weighted by Crippen LogP contribution is -2.38. The fraction of sp³-hybridized carbons (Fsp3) is 0.875. The topological polar surface area (TPSA) is 75.3 Å². The molecule has 0 fully saturated rings. The molecule has 2 N–H and O–H groups in total. The van der Waals surface area contributed by atoms with Crippen LogP contribution in [0.4, 0.5) is 0 Å². The molecular weight excluding hydrogens is 204 g/mol. The number of hydrogen-bond acceptors (Lipinski definition) is 3. The first-order valence-corrected chi connectivity index (χ1v) is 6.26. The van der Waals surface area contributed by atoms with Gasteiger partial charge in [0.2, 0.25) is 15.9 Å². The van der Waals surface area contributed by atoms with E-state index in [9.17, 15) is 13.2 Å². The lowest BCUT2D eigenvalue weighted by molar-refractivity contribution is -0.120. The molecule has 0 bridgehead atoms. The molecule has 0 rings (SSSR count). The Balaban J connectivity index is 3.75. The van der Waals surface area contributed by atoms with Crippen LogP contribution in [0, 0.1) is 5.92 Å². The summed E-state index contributed by atoms with van der Waals surface area (Å²) in [5.41, 5.74) is 0. The normalized spacial score (nSPS) is 11.7. The van der Waals surface area contributed by atoms with E-state index in [1.807, 2.05) is 13.8 Å². The molecular formula is C8H18N2O3S. The second-order valence-corrected chi connectivity index (χ2v) is 5.52. The van der Waals surface area contributed by atoms with E-state index in [-0.39, 0.29) is 18.2 Å². The maximum absolute atomic E-state index is 11.1. The molecule has 0 heterocycles. The van der Waals surface area contributed by atoms with Gasteiger partial charge in [-0.3, -0.25) is 4.79 Å². The van der Waals surface area contributed by atoms with E-state index in [0.717, 1.165) is 0 Å². The van der Waals surface area contributed by atoms with Crippen LogP contribution < -0.4 is 10.0 Å². The smallest absolute Gasteiger partial charge is 0.235 e. The summed E-state index contributed by atoms with van der Waals surface area (Å²) in [5, 5.41) is 2.61. The molecule has 0 saturated heterocycles. The van der Waals surface area contributed by atoms with E-state index in [2.05, 4.69) is 10.0 Å². The first-order chi connectivity index (χ1) is 6.37. The third-order valence-electron chi connectivity index (χ3n) is 1.54. The molecule has 0 saturated carbocycles. The van der Waals surface area contributed by atoms with Crippen molar-refractivity contribution in [3.05, 3.63) is 0 Å². The fourth-order valence-corrected chi connectivity index (χ4v) is 1.21. The summed E-state index contributed by atoms with van der Waals surface area (Å²) in [7, 11) is -3.26. The van der Waals surface area contributed by atoms with Gasteiger partial charge in [-0.05, 0) is 12.8 Å². The van der Waals surface area contributed by atoms with E-state index < -0.39 is 10.0 Å². The number of nitrogens with one attached hydrogen (secondary N) is 2. The Labute approximate surface area is 85.3 Å². The highest BCUT2D eigenvalue weighted by atomic mass is 32.2. The van der Waals surface area contributed by atoms with Crippen LogP contribution in [0.2, 0.25) is 0 Å². The Morgan fingerprint density at radius 2 is 1.93 bits per heavy atom. The molecule has 0 aromatic heterocycles. The minimum Gasteiger partial charge on any atom is -0.355 e. The van der Waals surface area contributed by atoms with Crippen LogP contribution in [0.5, 0.6) is 0 Å². The van der Waals surface area contributed by atoms with E-state index >= 15 is 0 Å². The number of hydrogen-bond donors (Lipinski definition) is 2. The minimum atomic E-state index is -3.26. The van der Waals surface area contributed by atoms with Gasteiger partial charge in [-0.15, -0.1) is 0 Å². The lowest BCUT2D eigenvalue weighted by Gasteiger charge is -2.08. The second-order valence-electron chi connectivity index (χ2n) is 3.42. The van der Waals surface area contributed by atoms with Gasteiger partial charge in [-0.2, -0.15) is 0 Å². The van der Waals surface area contributed by atoms with Crippen LogP contribution in [-0.2, 0) is 14.8 Å². The largest absolute Gasteiger partial charge is 0.355 e. The van der Waals surface area contributed by atoms with Gasteiger partial charge in [0.05, 0.1) is 12.3 Å². The summed E-state index contributed by atoms with van der Waals surface area (Å²) < 4.78 is 24.1. The predicted molar refractivity (Wildman–Crippen MR) is 55.3 cm³/mol. The molecule has 0 unspecified atom stereocenters. The van der Waals surface area contributed by atoms with Crippen molar-refractivity contribution in [1.29, 1.82) is 0 Å². The van der Waals surface area contributed by atoms with Crippen LogP contribution >= 0.6 is 0 Å². The van der Waals surface area contributed by atoms with Gasteiger partial charge in [0.15, 0.2) is 0 Å². The Hall–Kier alpha value is -0.620. The molecule has 6 heteroatoms. The minimum absolute atomic E-state index is 0.00946. The van der Waals surface area contributed by atoms with Crippen molar-refractivity contribution < 1.29 is 13.2 Å². The van der Waals surface area contributed by atoms with E-state index in [1.54, 1.807) is 0 Å². The number of rotatable bonds is 6. The lowest BCUT2D eigenvalue weighted by atomic mass is 10.2. The molecule has 0 aliphatic rings. The average Bonchev–Trinajstić information content (AvgIpc) is 2.11. The molecule has 0 aromatic rings. The highest BCUT2D eigenvalue weighted by molar-refractivity contribution is 7.89. The molecule has 0 aliphatic heterocycles. The van der Waals surface area contributed by atoms with Crippen LogP contribution in [0.3, 0.4) is 0 Å². The maximum Gasteiger partial charge on any atom is 0.235 e. The average molecular weight is 222 g/mol. The van der Waals surface area contributed by atoms with Gasteiger partial charge >= 0.3 is 0 Å². The van der Waals surface area contributed by atoms with Crippen LogP contribution in [-0.4, -0.2) is 33.2 Å². The van der Waals surface area contributed by atoms with Crippen LogP contribution in [0.25, 0.3) is 0 Å². The zero-order valence-corrected chi connectivity index (χ0v) is 9.65. The third-order valence-corrected chi connectivity index (χ3v) is 2.88. The van der Waals surface area contributed by atoms with Gasteiger partial charge in [0, 0.05) is 6.54 Å². The Morgan fingerprint density at radius 3 is 2.36 bits per heavy atom. The molecule has 0 spiro atoms. The zero-order chi connectivity index (χ0) is 11.2. The quantitative estimate of drug-likeness (QED) is 0.648. The molecule has 0 aliphatic carbocycles. The van der Waals surface area contributed by atoms with Gasteiger partial charge in [0.1, 0.15) is 0 Å². The summed E-state index contributed by atoms with van der Waals surface area (Å²) >= 11 is 0. The van der Waals surface area contributed by atoms with Gasteiger partial charge in [-0.1, -0.05) is 13.8 Å². The highest BCUT2D eigenvalue weighted by Crippen LogP contribution is 1.86. The van der Waals surface area contributed by atoms with Gasteiger partial charge < -0.3 is 5.32 Å². The number of carbonyl (C=O) groups is 1. The second kappa shape index (κ2) is 5.98. The highest BCUT2D eigenvalue weighted by Gasteiger charge is 2.09. The Morgan fingerprint density at radius 1 is 1.36 bits per heavy atom. The summed E-state index contributed by atoms with van der Waals surface area (Å²) in [6.45, 7) is 5.84. The summed E-state index contributed by atoms with van der Waals surface area (Å²) in [4.78, 5) is 11.1. The van der Waals surface area contributed by atoms with Gasteiger partial charge in [0.25, 0.3) is 0 Å². The molecule has 14 heavy (non-hydrogen) atoms. The summed E-state index contributed by atoms with van der Waals surface area (Å²) in [5.74, 6) is 0.0576. The molecule has 1 amide bonds. The standard InChI is InChI=1S/C8H18N2O3S/c1-4-14(12,13)10-6-8(11)9-5-7(2)3/h7,10H,4-6H2,1-3H3,(H,9,11). The zero-order valence-electron chi connectivity index (χ0n) is 8.83. The van der Waals surface area contributed by atoms with E-state index in [0.29, 0.717) is 12.5 Å². The Bertz CT molecular complexity index is 272. The fourth-order valence-electron chi connectivity index (χ4n) is 0.658. The van der Waals surface area contributed by atoms with Crippen molar-refractivity contribution in [3.63, 3.8) is 0 Å².